The Bertz CT molecular complexity index is 3120. The number of nitrogens with zero attached hydrogens (tertiary/aromatic N) is 3. The third-order valence-electron chi connectivity index (χ3n) is 11.8. The summed E-state index contributed by atoms with van der Waals surface area (Å²) in [6, 6.07) is 72.6. The minimum Gasteiger partial charge on any atom is -0.334 e. The first-order valence-electron chi connectivity index (χ1n) is 20.4. The van der Waals surface area contributed by atoms with E-state index in [2.05, 4.69) is 234 Å². The standard InChI is InChI=1S/C55H41N3S/c1-38-34-39(30-32-50(38)58-51-28-16-14-27-49(51)54-52(58)33-31-48-47-26-15-17-29-53(47)59-55(48)54)40-35-45(56(41-18-6-2-7-19-41)42-20-8-3-9-21-42)37-46(36-40)57(43-22-10-4-11-23-43)44-24-12-5-13-25-44/h2-35,37,46H,36H2,1H3. The van der Waals surface area contributed by atoms with Crippen LogP contribution in [0, 0.1) is 6.92 Å². The Morgan fingerprint density at radius 2 is 1.10 bits per heavy atom. The number of aryl methyl sites for hydroxylation is 1. The number of fused-ring (bicyclic) bond motifs is 7. The fourth-order valence-electron chi connectivity index (χ4n) is 9.18. The zero-order chi connectivity index (χ0) is 39.3. The molecule has 3 nitrogen and oxygen atoms in total. The number of aromatic nitrogens is 1. The second kappa shape index (κ2) is 14.7. The van der Waals surface area contributed by atoms with Gasteiger partial charge in [-0.25, -0.2) is 0 Å². The van der Waals surface area contributed by atoms with E-state index in [9.17, 15) is 0 Å². The van der Waals surface area contributed by atoms with Gasteiger partial charge in [-0.3, -0.25) is 0 Å². The lowest BCUT2D eigenvalue weighted by atomic mass is 9.89. The Kier molecular flexibility index (Phi) is 8.71. The zero-order valence-corrected chi connectivity index (χ0v) is 33.6. The highest BCUT2D eigenvalue weighted by atomic mass is 32.1. The molecule has 4 heteroatoms. The van der Waals surface area contributed by atoms with Gasteiger partial charge in [0.15, 0.2) is 0 Å². The number of rotatable bonds is 8. The van der Waals surface area contributed by atoms with Crippen LogP contribution in [0.2, 0.25) is 0 Å². The van der Waals surface area contributed by atoms with Crippen LogP contribution in [0.1, 0.15) is 17.5 Å². The molecule has 1 atom stereocenters. The van der Waals surface area contributed by atoms with Crippen LogP contribution in [-0.4, -0.2) is 10.6 Å². The number of thiophene rings is 1. The normalized spacial score (nSPS) is 14.2. The number of para-hydroxylation sites is 5. The highest BCUT2D eigenvalue weighted by Crippen LogP contribution is 2.45. The smallest absolute Gasteiger partial charge is 0.0585 e. The summed E-state index contributed by atoms with van der Waals surface area (Å²) >= 11 is 1.90. The number of hydrogen-bond acceptors (Lipinski definition) is 3. The Labute approximate surface area is 348 Å². The fraction of sp³-hybridized carbons (Fsp3) is 0.0545. The van der Waals surface area contributed by atoms with E-state index >= 15 is 0 Å². The van der Waals surface area contributed by atoms with E-state index in [-0.39, 0.29) is 6.04 Å². The largest absolute Gasteiger partial charge is 0.334 e. The number of allylic oxidation sites excluding steroid dienone is 1. The van der Waals surface area contributed by atoms with Crippen molar-refractivity contribution in [2.45, 2.75) is 19.4 Å². The van der Waals surface area contributed by atoms with Gasteiger partial charge in [0.05, 0.1) is 17.1 Å². The second-order valence-corrected chi connectivity index (χ2v) is 16.4. The molecule has 2 heterocycles. The van der Waals surface area contributed by atoms with Gasteiger partial charge in [-0.15, -0.1) is 11.3 Å². The summed E-state index contributed by atoms with van der Waals surface area (Å²) in [5, 5.41) is 5.28. The summed E-state index contributed by atoms with van der Waals surface area (Å²) in [6.07, 6.45) is 5.71. The minimum absolute atomic E-state index is 0.0331. The van der Waals surface area contributed by atoms with Crippen LogP contribution in [-0.2, 0) is 0 Å². The van der Waals surface area contributed by atoms with E-state index in [0.717, 1.165) is 34.9 Å². The predicted molar refractivity (Wildman–Crippen MR) is 253 cm³/mol. The van der Waals surface area contributed by atoms with Crippen molar-refractivity contribution in [2.24, 2.45) is 0 Å². The number of benzene rings is 8. The molecular formula is C55H41N3S. The van der Waals surface area contributed by atoms with Crippen molar-refractivity contribution < 1.29 is 0 Å². The SMILES string of the molecule is Cc1cc(C2=CC(N(c3ccccc3)c3ccccc3)=CC(N(c3ccccc3)c3ccccc3)C2)ccc1-n1c2ccccc2c2c3sc4ccccc4c3ccc21. The summed E-state index contributed by atoms with van der Waals surface area (Å²) in [4.78, 5) is 4.89. The topological polar surface area (TPSA) is 11.4 Å². The second-order valence-electron chi connectivity index (χ2n) is 15.4. The van der Waals surface area contributed by atoms with Crippen molar-refractivity contribution >= 4 is 81.6 Å². The quantitative estimate of drug-likeness (QED) is 0.152. The van der Waals surface area contributed by atoms with E-state index in [4.69, 9.17) is 0 Å². The average molecular weight is 776 g/mol. The molecule has 8 aromatic carbocycles. The molecule has 1 unspecified atom stereocenters. The van der Waals surface area contributed by atoms with E-state index < -0.39 is 0 Å². The molecule has 1 aliphatic rings. The van der Waals surface area contributed by atoms with Gasteiger partial charge in [-0.2, -0.15) is 0 Å². The molecule has 0 bridgehead atoms. The molecule has 0 spiro atoms. The third-order valence-corrected chi connectivity index (χ3v) is 13.0. The minimum atomic E-state index is 0.0331. The monoisotopic (exact) mass is 775 g/mol. The van der Waals surface area contributed by atoms with Crippen LogP contribution in [0.25, 0.3) is 53.2 Å². The van der Waals surface area contributed by atoms with Crippen LogP contribution >= 0.6 is 11.3 Å². The molecule has 0 aliphatic heterocycles. The van der Waals surface area contributed by atoms with Crippen molar-refractivity contribution in [3.63, 3.8) is 0 Å². The van der Waals surface area contributed by atoms with Crippen LogP contribution in [0.15, 0.2) is 218 Å². The molecule has 59 heavy (non-hydrogen) atoms. The zero-order valence-electron chi connectivity index (χ0n) is 32.7. The first-order chi connectivity index (χ1) is 29.2. The van der Waals surface area contributed by atoms with Gasteiger partial charge in [-0.05, 0) is 121 Å². The van der Waals surface area contributed by atoms with Crippen molar-refractivity contribution in [1.29, 1.82) is 0 Å². The predicted octanol–water partition coefficient (Wildman–Crippen LogP) is 15.2. The number of anilines is 4. The maximum absolute atomic E-state index is 2.50. The molecule has 0 fully saturated rings. The summed E-state index contributed by atoms with van der Waals surface area (Å²) < 4.78 is 5.17. The highest BCUT2D eigenvalue weighted by molar-refractivity contribution is 7.26. The lowest BCUT2D eigenvalue weighted by Crippen LogP contribution is -2.33. The summed E-state index contributed by atoms with van der Waals surface area (Å²) in [7, 11) is 0. The molecule has 0 saturated heterocycles. The van der Waals surface area contributed by atoms with Crippen molar-refractivity contribution in [3.05, 3.63) is 229 Å². The van der Waals surface area contributed by atoms with Gasteiger partial charge in [0, 0.05) is 65.1 Å². The van der Waals surface area contributed by atoms with Crippen molar-refractivity contribution in [2.75, 3.05) is 9.80 Å². The van der Waals surface area contributed by atoms with E-state index in [1.807, 2.05) is 11.3 Å². The molecule has 10 aromatic rings. The molecule has 282 valence electrons. The van der Waals surface area contributed by atoms with Gasteiger partial charge in [-0.1, -0.05) is 121 Å². The Balaban J connectivity index is 1.08. The van der Waals surface area contributed by atoms with Gasteiger partial charge in [0.1, 0.15) is 0 Å². The summed E-state index contributed by atoms with van der Waals surface area (Å²) in [5.41, 5.74) is 13.2. The Morgan fingerprint density at radius 1 is 0.525 bits per heavy atom. The molecule has 1 aliphatic carbocycles. The molecule has 2 aromatic heterocycles. The van der Waals surface area contributed by atoms with E-state index in [1.54, 1.807) is 0 Å². The van der Waals surface area contributed by atoms with E-state index in [0.29, 0.717) is 0 Å². The first-order valence-corrected chi connectivity index (χ1v) is 21.2. The van der Waals surface area contributed by atoms with Gasteiger partial charge in [0.2, 0.25) is 0 Å². The molecule has 11 rings (SSSR count). The highest BCUT2D eigenvalue weighted by Gasteiger charge is 2.28. The lowest BCUT2D eigenvalue weighted by Gasteiger charge is -2.37. The maximum atomic E-state index is 2.50. The van der Waals surface area contributed by atoms with Crippen LogP contribution in [0.5, 0.6) is 0 Å². The van der Waals surface area contributed by atoms with Crippen molar-refractivity contribution in [1.82, 2.24) is 4.57 Å². The summed E-state index contributed by atoms with van der Waals surface area (Å²) in [5.74, 6) is 0. The third kappa shape index (κ3) is 6.12. The molecule has 0 amide bonds. The van der Waals surface area contributed by atoms with Crippen LogP contribution in [0.4, 0.5) is 22.7 Å². The summed E-state index contributed by atoms with van der Waals surface area (Å²) in [6.45, 7) is 2.27. The van der Waals surface area contributed by atoms with Crippen molar-refractivity contribution in [3.8, 4) is 5.69 Å². The Hall–Kier alpha value is -7.14. The molecular weight excluding hydrogens is 735 g/mol. The van der Waals surface area contributed by atoms with Crippen LogP contribution < -0.4 is 9.80 Å². The lowest BCUT2D eigenvalue weighted by molar-refractivity contribution is 0.785. The average Bonchev–Trinajstić information content (AvgIpc) is 3.84. The first kappa shape index (κ1) is 35.1. The maximum Gasteiger partial charge on any atom is 0.0585 e. The van der Waals surface area contributed by atoms with Gasteiger partial charge >= 0.3 is 0 Å². The van der Waals surface area contributed by atoms with Gasteiger partial charge < -0.3 is 14.4 Å². The van der Waals surface area contributed by atoms with Crippen LogP contribution in [0.3, 0.4) is 0 Å². The molecule has 0 N–H and O–H groups in total. The fourth-order valence-corrected chi connectivity index (χ4v) is 10.4. The molecule has 0 radical (unpaired) electrons. The molecule has 0 saturated carbocycles. The van der Waals surface area contributed by atoms with E-state index in [1.165, 1.54) is 64.4 Å². The number of hydrogen-bond donors (Lipinski definition) is 0. The Morgan fingerprint density at radius 3 is 1.75 bits per heavy atom. The van der Waals surface area contributed by atoms with Gasteiger partial charge in [0.25, 0.3) is 0 Å².